The molecule has 2 aromatic carbocycles. The highest BCUT2D eigenvalue weighted by molar-refractivity contribution is 14.1. The van der Waals surface area contributed by atoms with Crippen molar-refractivity contribution in [2.24, 2.45) is 63.9 Å². The normalized spacial score (nSPS) is 39.1. The van der Waals surface area contributed by atoms with E-state index >= 15 is 0 Å². The molecule has 9 aliphatic rings. The number of cyclic esters (lactones) is 1. The number of nitrogens with one attached hydrogen (secondary N) is 1. The van der Waals surface area contributed by atoms with E-state index in [1.807, 2.05) is 43.3 Å². The molecular formula is C48H70I2N4O8. The molecule has 2 aromatic rings. The fourth-order valence-corrected chi connectivity index (χ4v) is 13.7. The third kappa shape index (κ3) is 9.53. The molecule has 3 saturated heterocycles. The maximum absolute atomic E-state index is 13.6. The van der Waals surface area contributed by atoms with Crippen molar-refractivity contribution in [3.63, 3.8) is 0 Å². The fourth-order valence-electron chi connectivity index (χ4n) is 12.5. The second-order valence-electron chi connectivity index (χ2n) is 20.7. The minimum atomic E-state index is -0.773. The van der Waals surface area contributed by atoms with Gasteiger partial charge in [0.15, 0.2) is 0 Å². The predicted octanol–water partition coefficient (Wildman–Crippen LogP) is 6.30. The molecule has 11 rings (SSSR count). The van der Waals surface area contributed by atoms with Gasteiger partial charge in [-0.25, -0.2) is 0 Å². The second-order valence-corrected chi connectivity index (χ2v) is 23.2. The van der Waals surface area contributed by atoms with Crippen LogP contribution in [0.4, 0.5) is 0 Å². The Labute approximate surface area is 395 Å². The van der Waals surface area contributed by atoms with Gasteiger partial charge >= 0.3 is 5.97 Å². The summed E-state index contributed by atoms with van der Waals surface area (Å²) >= 11 is 4.52. The number of esters is 1. The van der Waals surface area contributed by atoms with Crippen LogP contribution in [0.2, 0.25) is 0 Å². The number of halogens is 2. The van der Waals surface area contributed by atoms with E-state index in [4.69, 9.17) is 20.1 Å². The molecule has 2 unspecified atom stereocenters. The highest BCUT2D eigenvalue weighted by atomic mass is 127. The molecule has 6 N–H and O–H groups in total. The summed E-state index contributed by atoms with van der Waals surface area (Å²) in [6, 6.07) is 15.7. The van der Waals surface area contributed by atoms with Crippen LogP contribution in [0, 0.1) is 65.3 Å². The van der Waals surface area contributed by atoms with Crippen molar-refractivity contribution < 1.29 is 39.3 Å². The lowest BCUT2D eigenvalue weighted by molar-refractivity contribution is -0.195. The number of hydrogen-bond acceptors (Lipinski definition) is 11. The molecule has 9 fully saturated rings. The van der Waals surface area contributed by atoms with Crippen LogP contribution in [-0.4, -0.2) is 99.1 Å². The van der Waals surface area contributed by atoms with E-state index in [1.165, 1.54) is 19.3 Å². The van der Waals surface area contributed by atoms with Crippen molar-refractivity contribution >= 4 is 57.1 Å². The van der Waals surface area contributed by atoms with E-state index in [9.17, 15) is 24.9 Å². The van der Waals surface area contributed by atoms with Gasteiger partial charge in [-0.3, -0.25) is 19.3 Å². The first-order chi connectivity index (χ1) is 29.3. The molecule has 62 heavy (non-hydrogen) atoms. The van der Waals surface area contributed by atoms with Gasteiger partial charge in [-0.2, -0.15) is 10.1 Å². The smallest absolute Gasteiger partial charge is 0.326 e. The van der Waals surface area contributed by atoms with Gasteiger partial charge < -0.3 is 31.1 Å². The minimum Gasteiger partial charge on any atom is -0.461 e. The molecule has 0 radical (unpaired) electrons. The summed E-state index contributed by atoms with van der Waals surface area (Å²) in [6.45, 7) is 18.2. The molecule has 1 amide bonds. The van der Waals surface area contributed by atoms with E-state index in [0.717, 1.165) is 42.4 Å². The number of hydroxylamine groups is 4. The van der Waals surface area contributed by atoms with Gasteiger partial charge in [0.1, 0.15) is 30.4 Å². The number of nitrogens with two attached hydrogens (primary N) is 1. The molecular weight excluding hydrogens is 1010 g/mol. The van der Waals surface area contributed by atoms with Crippen LogP contribution in [0.3, 0.4) is 0 Å². The number of amides is 1. The molecule has 6 aliphatic carbocycles. The van der Waals surface area contributed by atoms with Gasteiger partial charge in [0, 0.05) is 25.1 Å². The molecule has 16 atom stereocenters. The summed E-state index contributed by atoms with van der Waals surface area (Å²) in [4.78, 5) is 37.3. The SMILES string of the molecule is C[C@@H]1OC(=O)[C@@H]2[C@H]1[C@H](CO)ON2Cc1cccc(I)c1.C[C@H](O)[C@@H]1[C@H](CO)ON(Cc2cccc(I)c2)[C@@H]1C(=O)NC1C[C@H]2C[C@@H]([C@@H]1C)C2(C)C.C[C@H]1C2C[C@H](C[C@@H]1N)C2(C)C. The summed E-state index contributed by atoms with van der Waals surface area (Å²) < 4.78 is 7.52. The molecule has 14 heteroatoms. The lowest BCUT2D eigenvalue weighted by Gasteiger charge is -2.62. The van der Waals surface area contributed by atoms with Gasteiger partial charge in [-0.1, -0.05) is 65.8 Å². The first kappa shape index (κ1) is 48.5. The maximum atomic E-state index is 13.6. The summed E-state index contributed by atoms with van der Waals surface area (Å²) in [7, 11) is 0. The molecule has 0 aromatic heterocycles. The van der Waals surface area contributed by atoms with Crippen LogP contribution >= 0.6 is 45.2 Å². The van der Waals surface area contributed by atoms with Crippen molar-refractivity contribution in [3.05, 3.63) is 66.8 Å². The van der Waals surface area contributed by atoms with Gasteiger partial charge in [-0.05, 0) is 166 Å². The average Bonchev–Trinajstić information content (AvgIpc) is 3.87. The number of aliphatic hydroxyl groups is 3. The standard InChI is InChI=1S/C24H35IN2O4.C14H16INO4.C10H19N/c1-13-18-9-16(24(18,3)4)10-19(13)26-23(30)22-21(14(2)29)20(12-28)31-27(22)11-15-6-5-7-17(25)8-15;1-8-12-11(7-17)20-16(13(12)14(18)19-8)6-9-3-2-4-10(15)5-9;1-6-8-4-7(5-9(6)11)10(8,2)3/h5-8,13-14,16,18-22,28-29H,9-12H2,1-4H3,(H,26,30);2-5,8,11-13,17H,6-7H2,1H3;6-9H,4-5,11H2,1-3H3/t13-,14-,16+,18-,19?,20-,21+,22-;8-,11-,12+,13-;6-,7+,8?,9-/m000/s1. The lowest BCUT2D eigenvalue weighted by Crippen LogP contribution is -2.62. The van der Waals surface area contributed by atoms with Crippen molar-refractivity contribution in [1.29, 1.82) is 0 Å². The topological polar surface area (TPSA) is 167 Å². The summed E-state index contributed by atoms with van der Waals surface area (Å²) in [5.74, 6) is 3.36. The zero-order valence-corrected chi connectivity index (χ0v) is 41.9. The summed E-state index contributed by atoms with van der Waals surface area (Å²) in [5, 5.41) is 36.4. The number of carbonyl (C=O) groups is 2. The number of rotatable bonds is 9. The molecule has 344 valence electrons. The molecule has 0 spiro atoms. The van der Waals surface area contributed by atoms with E-state index in [1.54, 1.807) is 17.1 Å². The molecule has 4 bridgehead atoms. The predicted molar refractivity (Wildman–Crippen MR) is 253 cm³/mol. The lowest BCUT2D eigenvalue weighted by atomic mass is 9.45. The monoisotopic (exact) mass is 1080 g/mol. The Morgan fingerprint density at radius 3 is 1.85 bits per heavy atom. The zero-order valence-electron chi connectivity index (χ0n) is 37.6. The number of ether oxygens (including phenoxy) is 1. The van der Waals surface area contributed by atoms with Crippen LogP contribution in [-0.2, 0) is 37.1 Å². The van der Waals surface area contributed by atoms with Crippen LogP contribution in [0.5, 0.6) is 0 Å². The van der Waals surface area contributed by atoms with Gasteiger partial charge in [0.05, 0.1) is 38.3 Å². The number of hydrogen-bond donors (Lipinski definition) is 5. The number of benzene rings is 2. The zero-order chi connectivity index (χ0) is 45.0. The Morgan fingerprint density at radius 2 is 1.37 bits per heavy atom. The number of aliphatic hydroxyl groups excluding tert-OH is 3. The van der Waals surface area contributed by atoms with Crippen LogP contribution in [0.25, 0.3) is 0 Å². The highest BCUT2D eigenvalue weighted by Crippen LogP contribution is 2.62. The van der Waals surface area contributed by atoms with Crippen molar-refractivity contribution in [1.82, 2.24) is 15.4 Å². The number of carbonyl (C=O) groups excluding carboxylic acids is 2. The van der Waals surface area contributed by atoms with Crippen LogP contribution in [0.1, 0.15) is 92.2 Å². The Kier molecular flexibility index (Phi) is 15.2. The largest absolute Gasteiger partial charge is 0.461 e. The van der Waals surface area contributed by atoms with E-state index in [2.05, 4.69) is 104 Å². The van der Waals surface area contributed by atoms with Crippen molar-refractivity contribution in [3.8, 4) is 0 Å². The third-order valence-corrected chi connectivity index (χ3v) is 17.9. The quantitative estimate of drug-likeness (QED) is 0.141. The Balaban J connectivity index is 0.000000158. The minimum absolute atomic E-state index is 0.102. The van der Waals surface area contributed by atoms with Gasteiger partial charge in [0.25, 0.3) is 0 Å². The molecule has 12 nitrogen and oxygen atoms in total. The Bertz CT molecular complexity index is 1900. The van der Waals surface area contributed by atoms with Crippen LogP contribution in [0.15, 0.2) is 48.5 Å². The van der Waals surface area contributed by atoms with Crippen molar-refractivity contribution in [2.75, 3.05) is 13.2 Å². The number of nitrogens with zero attached hydrogens (tertiary/aromatic N) is 2. The Morgan fingerprint density at radius 1 is 0.839 bits per heavy atom. The van der Waals surface area contributed by atoms with E-state index in [-0.39, 0.29) is 49.3 Å². The summed E-state index contributed by atoms with van der Waals surface area (Å²) in [6.07, 6.45) is 3.01. The average molecular weight is 1080 g/mol. The van der Waals surface area contributed by atoms with E-state index in [0.29, 0.717) is 47.7 Å². The van der Waals surface area contributed by atoms with Gasteiger partial charge in [0.2, 0.25) is 5.91 Å². The Hall–Kier alpha value is -1.48. The van der Waals surface area contributed by atoms with Crippen molar-refractivity contribution in [2.45, 2.75) is 143 Å². The molecule has 3 heterocycles. The number of fused-ring (bicyclic) bond motifs is 5. The first-order valence-electron chi connectivity index (χ1n) is 22.8. The van der Waals surface area contributed by atoms with Gasteiger partial charge in [-0.15, -0.1) is 0 Å². The molecule has 3 aliphatic heterocycles. The first-order valence-corrected chi connectivity index (χ1v) is 24.9. The highest BCUT2D eigenvalue weighted by Gasteiger charge is 2.59. The van der Waals surface area contributed by atoms with Crippen LogP contribution < -0.4 is 11.1 Å². The summed E-state index contributed by atoms with van der Waals surface area (Å²) in [5.41, 5.74) is 9.09. The maximum Gasteiger partial charge on any atom is 0.326 e. The molecule has 6 saturated carbocycles. The van der Waals surface area contributed by atoms with E-state index < -0.39 is 30.2 Å². The fraction of sp³-hybridized carbons (Fsp3) is 0.708. The third-order valence-electron chi connectivity index (χ3n) is 16.6. The second kappa shape index (κ2) is 19.4.